The Hall–Kier alpha value is -2.28. The molecular formula is C10H6N4. The van der Waals surface area contributed by atoms with Gasteiger partial charge in [0, 0.05) is 12.4 Å². The van der Waals surface area contributed by atoms with Crippen molar-refractivity contribution < 1.29 is 0 Å². The van der Waals surface area contributed by atoms with Gasteiger partial charge in [0.1, 0.15) is 18.1 Å². The Balaban J connectivity index is 2.58. The first kappa shape index (κ1) is 8.32. The summed E-state index contributed by atoms with van der Waals surface area (Å²) >= 11 is 0. The van der Waals surface area contributed by atoms with Gasteiger partial charge in [-0.1, -0.05) is 0 Å². The lowest BCUT2D eigenvalue weighted by atomic mass is 10.1. The minimum Gasteiger partial charge on any atom is -0.253 e. The van der Waals surface area contributed by atoms with Crippen molar-refractivity contribution in [1.29, 1.82) is 5.26 Å². The minimum atomic E-state index is 0.520. The molecule has 4 nitrogen and oxygen atoms in total. The van der Waals surface area contributed by atoms with E-state index in [-0.39, 0.29) is 0 Å². The lowest BCUT2D eigenvalue weighted by Gasteiger charge is -1.99. The lowest BCUT2D eigenvalue weighted by molar-refractivity contribution is 1.15. The van der Waals surface area contributed by atoms with Crippen molar-refractivity contribution in [2.75, 3.05) is 0 Å². The van der Waals surface area contributed by atoms with Crippen LogP contribution in [0.5, 0.6) is 0 Å². The molecule has 14 heavy (non-hydrogen) atoms. The Kier molecular flexibility index (Phi) is 2.15. The highest BCUT2D eigenvalue weighted by atomic mass is 14.8. The van der Waals surface area contributed by atoms with Crippen molar-refractivity contribution in [1.82, 2.24) is 15.0 Å². The van der Waals surface area contributed by atoms with Gasteiger partial charge in [0.2, 0.25) is 0 Å². The van der Waals surface area contributed by atoms with E-state index in [1.54, 1.807) is 30.6 Å². The van der Waals surface area contributed by atoms with Gasteiger partial charge in [-0.15, -0.1) is 0 Å². The SMILES string of the molecule is N#Cc1cccnc1-c1ccncn1. The maximum atomic E-state index is 8.85. The van der Waals surface area contributed by atoms with E-state index < -0.39 is 0 Å². The maximum absolute atomic E-state index is 8.85. The van der Waals surface area contributed by atoms with Crippen LogP contribution in [0.4, 0.5) is 0 Å². The van der Waals surface area contributed by atoms with Crippen LogP contribution in [0.2, 0.25) is 0 Å². The summed E-state index contributed by atoms with van der Waals surface area (Å²) in [6.07, 6.45) is 4.70. The van der Waals surface area contributed by atoms with E-state index >= 15 is 0 Å². The monoisotopic (exact) mass is 182 g/mol. The first-order chi connectivity index (χ1) is 6.92. The molecule has 0 spiro atoms. The molecule has 0 saturated carbocycles. The summed E-state index contributed by atoms with van der Waals surface area (Å²) in [7, 11) is 0. The van der Waals surface area contributed by atoms with Gasteiger partial charge in [-0.3, -0.25) is 4.98 Å². The molecule has 0 fully saturated rings. The predicted octanol–water partition coefficient (Wildman–Crippen LogP) is 1.41. The van der Waals surface area contributed by atoms with Crippen molar-refractivity contribution in [3.05, 3.63) is 42.5 Å². The van der Waals surface area contributed by atoms with Crippen LogP contribution in [-0.2, 0) is 0 Å². The van der Waals surface area contributed by atoms with Gasteiger partial charge in [-0.2, -0.15) is 5.26 Å². The van der Waals surface area contributed by atoms with Crippen LogP contribution < -0.4 is 0 Å². The third-order valence-corrected chi connectivity index (χ3v) is 1.75. The number of aromatic nitrogens is 3. The molecule has 0 aliphatic rings. The van der Waals surface area contributed by atoms with E-state index in [0.29, 0.717) is 17.0 Å². The Morgan fingerprint density at radius 3 is 2.79 bits per heavy atom. The third kappa shape index (κ3) is 1.43. The highest BCUT2D eigenvalue weighted by molar-refractivity contribution is 5.61. The second-order valence-electron chi connectivity index (χ2n) is 2.61. The van der Waals surface area contributed by atoms with Crippen LogP contribution in [0.1, 0.15) is 5.56 Å². The van der Waals surface area contributed by atoms with Crippen LogP contribution in [0.25, 0.3) is 11.4 Å². The van der Waals surface area contributed by atoms with Crippen LogP contribution in [-0.4, -0.2) is 15.0 Å². The maximum Gasteiger partial charge on any atom is 0.116 e. The van der Waals surface area contributed by atoms with Crippen molar-refractivity contribution in [3.63, 3.8) is 0 Å². The molecule has 0 aliphatic carbocycles. The molecule has 0 aromatic carbocycles. The summed E-state index contributed by atoms with van der Waals surface area (Å²) in [5.41, 5.74) is 1.78. The molecule has 0 bridgehead atoms. The smallest absolute Gasteiger partial charge is 0.116 e. The predicted molar refractivity (Wildman–Crippen MR) is 50.0 cm³/mol. The Labute approximate surface area is 80.9 Å². The van der Waals surface area contributed by atoms with Crippen molar-refractivity contribution in [2.24, 2.45) is 0 Å². The molecule has 2 aromatic heterocycles. The highest BCUT2D eigenvalue weighted by Gasteiger charge is 2.05. The fraction of sp³-hybridized carbons (Fsp3) is 0. The summed E-state index contributed by atoms with van der Waals surface area (Å²) < 4.78 is 0. The normalized spacial score (nSPS) is 9.36. The summed E-state index contributed by atoms with van der Waals surface area (Å²) in [5.74, 6) is 0. The van der Waals surface area contributed by atoms with Gasteiger partial charge in [0.15, 0.2) is 0 Å². The molecular weight excluding hydrogens is 176 g/mol. The van der Waals surface area contributed by atoms with E-state index in [1.807, 2.05) is 0 Å². The highest BCUT2D eigenvalue weighted by Crippen LogP contribution is 2.16. The molecule has 0 atom stereocenters. The first-order valence-corrected chi connectivity index (χ1v) is 4.03. The van der Waals surface area contributed by atoms with Crippen molar-refractivity contribution in [2.45, 2.75) is 0 Å². The topological polar surface area (TPSA) is 62.5 Å². The van der Waals surface area contributed by atoms with Crippen LogP contribution in [0, 0.1) is 11.3 Å². The number of pyridine rings is 1. The molecule has 4 heteroatoms. The zero-order valence-corrected chi connectivity index (χ0v) is 7.25. The first-order valence-electron chi connectivity index (χ1n) is 4.03. The molecule has 2 aromatic rings. The number of nitrogens with zero attached hydrogens (tertiary/aromatic N) is 4. The molecule has 66 valence electrons. The standard InChI is InChI=1S/C10H6N4/c11-6-8-2-1-4-13-10(8)9-3-5-12-7-14-9/h1-5,7H. The number of nitriles is 1. The molecule has 0 aliphatic heterocycles. The molecule has 0 radical (unpaired) electrons. The van der Waals surface area contributed by atoms with E-state index in [2.05, 4.69) is 21.0 Å². The number of hydrogen-bond donors (Lipinski definition) is 0. The fourth-order valence-corrected chi connectivity index (χ4v) is 1.13. The van der Waals surface area contributed by atoms with Gasteiger partial charge >= 0.3 is 0 Å². The second-order valence-corrected chi connectivity index (χ2v) is 2.61. The quantitative estimate of drug-likeness (QED) is 0.668. The van der Waals surface area contributed by atoms with E-state index in [4.69, 9.17) is 5.26 Å². The van der Waals surface area contributed by atoms with Crippen molar-refractivity contribution >= 4 is 0 Å². The number of rotatable bonds is 1. The van der Waals surface area contributed by atoms with Gasteiger partial charge in [-0.05, 0) is 18.2 Å². The van der Waals surface area contributed by atoms with Gasteiger partial charge in [-0.25, -0.2) is 9.97 Å². The largest absolute Gasteiger partial charge is 0.253 e. The van der Waals surface area contributed by atoms with Gasteiger partial charge in [0.05, 0.1) is 11.3 Å². The average molecular weight is 182 g/mol. The summed E-state index contributed by atoms with van der Waals surface area (Å²) in [5, 5.41) is 8.85. The van der Waals surface area contributed by atoms with Crippen LogP contribution >= 0.6 is 0 Å². The van der Waals surface area contributed by atoms with Gasteiger partial charge in [0.25, 0.3) is 0 Å². The fourth-order valence-electron chi connectivity index (χ4n) is 1.13. The molecule has 0 unspecified atom stereocenters. The number of hydrogen-bond acceptors (Lipinski definition) is 4. The Morgan fingerprint density at radius 1 is 1.14 bits per heavy atom. The Bertz CT molecular complexity index is 473. The third-order valence-electron chi connectivity index (χ3n) is 1.75. The summed E-state index contributed by atoms with van der Waals surface area (Å²) in [6, 6.07) is 7.23. The van der Waals surface area contributed by atoms with E-state index in [0.717, 1.165) is 0 Å². The molecule has 0 saturated heterocycles. The zero-order valence-electron chi connectivity index (χ0n) is 7.25. The zero-order chi connectivity index (χ0) is 9.80. The molecule has 0 N–H and O–H groups in total. The summed E-state index contributed by atoms with van der Waals surface area (Å²) in [6.45, 7) is 0. The van der Waals surface area contributed by atoms with Crippen molar-refractivity contribution in [3.8, 4) is 17.5 Å². The lowest BCUT2D eigenvalue weighted by Crippen LogP contribution is -1.90. The van der Waals surface area contributed by atoms with Crippen LogP contribution in [0.3, 0.4) is 0 Å². The second kappa shape index (κ2) is 3.62. The van der Waals surface area contributed by atoms with E-state index in [1.165, 1.54) is 6.33 Å². The molecule has 0 amide bonds. The van der Waals surface area contributed by atoms with E-state index in [9.17, 15) is 0 Å². The molecule has 2 heterocycles. The average Bonchev–Trinajstić information content (AvgIpc) is 2.30. The van der Waals surface area contributed by atoms with Gasteiger partial charge < -0.3 is 0 Å². The Morgan fingerprint density at radius 2 is 2.07 bits per heavy atom. The minimum absolute atomic E-state index is 0.520. The summed E-state index contributed by atoms with van der Waals surface area (Å²) in [4.78, 5) is 11.9. The van der Waals surface area contributed by atoms with Crippen LogP contribution in [0.15, 0.2) is 36.9 Å². The molecule has 2 rings (SSSR count).